The van der Waals surface area contributed by atoms with E-state index in [2.05, 4.69) is 29.4 Å². The van der Waals surface area contributed by atoms with Crippen molar-refractivity contribution in [2.24, 2.45) is 10.9 Å². The SMILES string of the molecule is C[C@H](NC(=O)N1CCN=C1[C@@H](C)Cc1ccccc1)c1ccccc1. The van der Waals surface area contributed by atoms with Gasteiger partial charge in [-0.15, -0.1) is 0 Å². The monoisotopic (exact) mass is 335 g/mol. The van der Waals surface area contributed by atoms with Gasteiger partial charge in [0.05, 0.1) is 12.6 Å². The molecule has 0 radical (unpaired) electrons. The topological polar surface area (TPSA) is 44.7 Å². The van der Waals surface area contributed by atoms with Crippen LogP contribution in [0.4, 0.5) is 4.79 Å². The average molecular weight is 335 g/mol. The van der Waals surface area contributed by atoms with Gasteiger partial charge in [-0.05, 0) is 24.5 Å². The van der Waals surface area contributed by atoms with Gasteiger partial charge in [-0.3, -0.25) is 9.89 Å². The molecule has 2 aromatic carbocycles. The fraction of sp³-hybridized carbons (Fsp3) is 0.333. The molecule has 25 heavy (non-hydrogen) atoms. The van der Waals surface area contributed by atoms with Crippen molar-refractivity contribution in [2.45, 2.75) is 26.3 Å². The Kier molecular flexibility index (Phi) is 5.49. The van der Waals surface area contributed by atoms with Crippen molar-refractivity contribution in [3.8, 4) is 0 Å². The molecule has 3 rings (SSSR count). The Bertz CT molecular complexity index is 727. The molecule has 4 heteroatoms. The highest BCUT2D eigenvalue weighted by Gasteiger charge is 2.28. The first-order chi connectivity index (χ1) is 12.1. The maximum Gasteiger partial charge on any atom is 0.323 e. The number of carbonyl (C=O) groups excluding carboxylic acids is 1. The van der Waals surface area contributed by atoms with Crippen molar-refractivity contribution in [1.29, 1.82) is 0 Å². The van der Waals surface area contributed by atoms with E-state index in [0.717, 1.165) is 17.8 Å². The molecular formula is C21H25N3O. The standard InChI is InChI=1S/C21H25N3O/c1-16(15-18-9-5-3-6-10-18)20-22-13-14-24(20)21(25)23-17(2)19-11-7-4-8-12-19/h3-12,16-17H,13-15H2,1-2H3,(H,23,25)/t16-,17-/m0/s1. The molecular weight excluding hydrogens is 310 g/mol. The average Bonchev–Trinajstić information content (AvgIpc) is 3.13. The molecule has 2 atom stereocenters. The summed E-state index contributed by atoms with van der Waals surface area (Å²) in [6, 6.07) is 20.3. The minimum Gasteiger partial charge on any atom is -0.331 e. The molecule has 130 valence electrons. The van der Waals surface area contributed by atoms with Crippen molar-refractivity contribution in [2.75, 3.05) is 13.1 Å². The van der Waals surface area contributed by atoms with Gasteiger partial charge in [0, 0.05) is 12.5 Å². The van der Waals surface area contributed by atoms with Crippen LogP contribution in [0.25, 0.3) is 0 Å². The molecule has 0 fully saturated rings. The number of carbonyl (C=O) groups is 1. The van der Waals surface area contributed by atoms with Crippen LogP contribution in [0, 0.1) is 5.92 Å². The molecule has 1 aliphatic rings. The summed E-state index contributed by atoms with van der Waals surface area (Å²) in [6.45, 7) is 5.48. The van der Waals surface area contributed by atoms with E-state index in [1.165, 1.54) is 5.56 Å². The predicted molar refractivity (Wildman–Crippen MR) is 102 cm³/mol. The first-order valence-corrected chi connectivity index (χ1v) is 8.86. The lowest BCUT2D eigenvalue weighted by Crippen LogP contribution is -2.45. The molecule has 2 aromatic rings. The molecule has 0 aromatic heterocycles. The second-order valence-electron chi connectivity index (χ2n) is 6.56. The van der Waals surface area contributed by atoms with E-state index >= 15 is 0 Å². The van der Waals surface area contributed by atoms with Crippen molar-refractivity contribution in [1.82, 2.24) is 10.2 Å². The summed E-state index contributed by atoms with van der Waals surface area (Å²) in [5.74, 6) is 1.10. The molecule has 1 aliphatic heterocycles. The Balaban J connectivity index is 1.63. The van der Waals surface area contributed by atoms with Crippen LogP contribution in [0.1, 0.15) is 31.0 Å². The highest BCUT2D eigenvalue weighted by atomic mass is 16.2. The molecule has 0 saturated heterocycles. The molecule has 4 nitrogen and oxygen atoms in total. The van der Waals surface area contributed by atoms with E-state index in [1.807, 2.05) is 55.5 Å². The van der Waals surface area contributed by atoms with Crippen LogP contribution in [0.2, 0.25) is 0 Å². The van der Waals surface area contributed by atoms with Gasteiger partial charge in [-0.25, -0.2) is 4.79 Å². The van der Waals surface area contributed by atoms with Crippen LogP contribution in [0.3, 0.4) is 0 Å². The predicted octanol–water partition coefficient (Wildman–Crippen LogP) is 4.05. The fourth-order valence-electron chi connectivity index (χ4n) is 3.24. The van der Waals surface area contributed by atoms with Gasteiger partial charge in [0.15, 0.2) is 0 Å². The van der Waals surface area contributed by atoms with Crippen LogP contribution in [-0.4, -0.2) is 29.9 Å². The van der Waals surface area contributed by atoms with E-state index in [-0.39, 0.29) is 18.0 Å². The van der Waals surface area contributed by atoms with Crippen LogP contribution >= 0.6 is 0 Å². The Labute approximate surface area is 149 Å². The van der Waals surface area contributed by atoms with Gasteiger partial charge < -0.3 is 5.32 Å². The van der Waals surface area contributed by atoms with Crippen LogP contribution in [0.5, 0.6) is 0 Å². The van der Waals surface area contributed by atoms with E-state index in [4.69, 9.17) is 0 Å². The number of urea groups is 1. The lowest BCUT2D eigenvalue weighted by molar-refractivity contribution is 0.219. The maximum atomic E-state index is 12.7. The molecule has 0 bridgehead atoms. The number of nitrogens with zero attached hydrogens (tertiary/aromatic N) is 2. The molecule has 0 unspecified atom stereocenters. The van der Waals surface area contributed by atoms with Gasteiger partial charge in [-0.1, -0.05) is 67.6 Å². The molecule has 0 spiro atoms. The normalized spacial score (nSPS) is 16.2. The summed E-state index contributed by atoms with van der Waals surface area (Å²) >= 11 is 0. The number of rotatable bonds is 5. The van der Waals surface area contributed by atoms with Crippen LogP contribution < -0.4 is 5.32 Å². The largest absolute Gasteiger partial charge is 0.331 e. The quantitative estimate of drug-likeness (QED) is 0.880. The summed E-state index contributed by atoms with van der Waals surface area (Å²) in [4.78, 5) is 19.1. The highest BCUT2D eigenvalue weighted by molar-refractivity contribution is 6.00. The van der Waals surface area contributed by atoms with Crippen molar-refractivity contribution < 1.29 is 4.79 Å². The van der Waals surface area contributed by atoms with Crippen molar-refractivity contribution in [3.05, 3.63) is 71.8 Å². The lowest BCUT2D eigenvalue weighted by Gasteiger charge is -2.25. The Morgan fingerprint density at radius 1 is 1.08 bits per heavy atom. The van der Waals surface area contributed by atoms with E-state index in [0.29, 0.717) is 13.1 Å². The minimum absolute atomic E-state index is 0.0278. The van der Waals surface area contributed by atoms with E-state index < -0.39 is 0 Å². The summed E-state index contributed by atoms with van der Waals surface area (Å²) in [6.07, 6.45) is 0.887. The number of hydrogen-bond donors (Lipinski definition) is 1. The Hall–Kier alpha value is -2.62. The van der Waals surface area contributed by atoms with Gasteiger partial charge in [0.25, 0.3) is 0 Å². The molecule has 1 heterocycles. The van der Waals surface area contributed by atoms with Crippen LogP contribution in [-0.2, 0) is 6.42 Å². The lowest BCUT2D eigenvalue weighted by atomic mass is 9.99. The second kappa shape index (κ2) is 7.97. The molecule has 0 saturated carbocycles. The summed E-state index contributed by atoms with van der Waals surface area (Å²) in [7, 11) is 0. The highest BCUT2D eigenvalue weighted by Crippen LogP contribution is 2.18. The summed E-state index contributed by atoms with van der Waals surface area (Å²) in [5.41, 5.74) is 2.37. The molecule has 2 amide bonds. The van der Waals surface area contributed by atoms with Gasteiger partial charge >= 0.3 is 6.03 Å². The van der Waals surface area contributed by atoms with Gasteiger partial charge in [0.2, 0.25) is 0 Å². The summed E-state index contributed by atoms with van der Waals surface area (Å²) < 4.78 is 0. The van der Waals surface area contributed by atoms with E-state index in [9.17, 15) is 4.79 Å². The third kappa shape index (κ3) is 4.27. The number of amidine groups is 1. The first kappa shape index (κ1) is 17.2. The van der Waals surface area contributed by atoms with Crippen LogP contribution in [0.15, 0.2) is 65.7 Å². The fourth-order valence-corrected chi connectivity index (χ4v) is 3.24. The Morgan fingerprint density at radius 2 is 1.72 bits per heavy atom. The zero-order chi connectivity index (χ0) is 17.6. The zero-order valence-electron chi connectivity index (χ0n) is 14.9. The maximum absolute atomic E-state index is 12.7. The number of amides is 2. The number of benzene rings is 2. The number of hydrogen-bond acceptors (Lipinski definition) is 2. The van der Waals surface area contributed by atoms with Gasteiger partial charge in [0.1, 0.15) is 5.84 Å². The number of aliphatic imine (C=N–C) groups is 1. The third-order valence-electron chi connectivity index (χ3n) is 4.58. The number of nitrogens with one attached hydrogen (secondary N) is 1. The van der Waals surface area contributed by atoms with Crippen molar-refractivity contribution in [3.63, 3.8) is 0 Å². The molecule has 0 aliphatic carbocycles. The molecule has 1 N–H and O–H groups in total. The first-order valence-electron chi connectivity index (χ1n) is 8.86. The second-order valence-corrected chi connectivity index (χ2v) is 6.56. The third-order valence-corrected chi connectivity index (χ3v) is 4.58. The van der Waals surface area contributed by atoms with Crippen molar-refractivity contribution >= 4 is 11.9 Å². The summed E-state index contributed by atoms with van der Waals surface area (Å²) in [5, 5.41) is 3.09. The zero-order valence-corrected chi connectivity index (χ0v) is 14.9. The van der Waals surface area contributed by atoms with Gasteiger partial charge in [-0.2, -0.15) is 0 Å². The van der Waals surface area contributed by atoms with E-state index in [1.54, 1.807) is 4.90 Å². The smallest absolute Gasteiger partial charge is 0.323 e. The minimum atomic E-state index is -0.0625. The Morgan fingerprint density at radius 3 is 2.40 bits per heavy atom.